The molecule has 10 aromatic rings. The molecule has 0 aliphatic rings. The van der Waals surface area contributed by atoms with Gasteiger partial charge in [-0.1, -0.05) is 203 Å². The van der Waals surface area contributed by atoms with Crippen LogP contribution in [0.5, 0.6) is 11.5 Å². The zero-order valence-corrected chi connectivity index (χ0v) is 45.8. The molecule has 0 aliphatic heterocycles. The zero-order chi connectivity index (χ0) is 50.0. The van der Waals surface area contributed by atoms with Crippen molar-refractivity contribution >= 4 is 21.8 Å². The van der Waals surface area contributed by atoms with Crippen molar-refractivity contribution in [1.29, 1.82) is 0 Å². The van der Waals surface area contributed by atoms with Crippen LogP contribution in [0.2, 0.25) is 0 Å². The monoisotopic (exact) mass is 1120 g/mol. The van der Waals surface area contributed by atoms with Crippen molar-refractivity contribution in [2.75, 3.05) is 0 Å². The van der Waals surface area contributed by atoms with Crippen molar-refractivity contribution in [3.05, 3.63) is 205 Å². The Morgan fingerprint density at radius 1 is 0.486 bits per heavy atom. The van der Waals surface area contributed by atoms with Crippen molar-refractivity contribution in [1.82, 2.24) is 19.2 Å². The van der Waals surface area contributed by atoms with Crippen LogP contribution in [0.1, 0.15) is 105 Å². The van der Waals surface area contributed by atoms with E-state index in [0.29, 0.717) is 11.5 Å². The van der Waals surface area contributed by atoms with E-state index in [-0.39, 0.29) is 42.7 Å². The molecule has 0 unspecified atom stereocenters. The number of pyridine rings is 1. The normalized spacial score (nSPS) is 12.3. The van der Waals surface area contributed by atoms with E-state index >= 15 is 0 Å². The molecule has 0 N–H and O–H groups in total. The Hall–Kier alpha value is -6.88. The Bertz CT molecular complexity index is 3560. The maximum Gasteiger partial charge on any atom is 0.272 e. The van der Waals surface area contributed by atoms with E-state index in [1.54, 1.807) is 0 Å². The van der Waals surface area contributed by atoms with Gasteiger partial charge in [0.2, 0.25) is 0 Å². The topological polar surface area (TPSA) is 48.8 Å². The van der Waals surface area contributed by atoms with Gasteiger partial charge in [0.05, 0.1) is 5.69 Å². The first kappa shape index (κ1) is 50.1. The number of benzene rings is 7. The van der Waals surface area contributed by atoms with Crippen LogP contribution >= 0.6 is 0 Å². The summed E-state index contributed by atoms with van der Waals surface area (Å²) < 4.78 is 13.0. The third-order valence-corrected chi connectivity index (χ3v) is 13.5. The van der Waals surface area contributed by atoms with Gasteiger partial charge in [0.25, 0.3) is 6.33 Å². The molecule has 7 heteroatoms. The first-order valence-corrected chi connectivity index (χ1v) is 24.7. The van der Waals surface area contributed by atoms with Gasteiger partial charge in [-0.05, 0) is 89.8 Å². The van der Waals surface area contributed by atoms with E-state index in [4.69, 9.17) is 14.8 Å². The Morgan fingerprint density at radius 2 is 1.11 bits per heavy atom. The molecule has 3 aromatic heterocycles. The van der Waals surface area contributed by atoms with Gasteiger partial charge in [-0.2, -0.15) is 22.9 Å². The molecule has 0 saturated heterocycles. The molecule has 0 fully saturated rings. The van der Waals surface area contributed by atoms with Gasteiger partial charge in [0, 0.05) is 49.8 Å². The molecule has 0 aliphatic carbocycles. The minimum absolute atomic E-state index is 0. The average Bonchev–Trinajstić information content (AvgIpc) is 3.93. The Morgan fingerprint density at radius 3 is 1.76 bits per heavy atom. The smallest absolute Gasteiger partial charge is 0.272 e. The Kier molecular flexibility index (Phi) is 13.2. The van der Waals surface area contributed by atoms with Gasteiger partial charge in [-0.25, -0.2) is 4.98 Å². The van der Waals surface area contributed by atoms with E-state index in [9.17, 15) is 0 Å². The second-order valence-corrected chi connectivity index (χ2v) is 23.0. The fraction of sp³-hybridized carbons (Fsp3) is 0.246. The van der Waals surface area contributed by atoms with Gasteiger partial charge in [-0.15, -0.1) is 34.8 Å². The van der Waals surface area contributed by atoms with Crippen molar-refractivity contribution in [3.8, 4) is 62.3 Å². The third-order valence-electron chi connectivity index (χ3n) is 13.5. The van der Waals surface area contributed by atoms with Crippen LogP contribution in [0.3, 0.4) is 0 Å². The minimum atomic E-state index is -0.109. The molecule has 10 rings (SSSR count). The number of hydrogen-bond donors (Lipinski definition) is 0. The fourth-order valence-corrected chi connectivity index (χ4v) is 9.21. The summed E-state index contributed by atoms with van der Waals surface area (Å²) in [6, 6.07) is 63.2. The molecule has 0 radical (unpaired) electrons. The number of ether oxygens (including phenoxy) is 1. The summed E-state index contributed by atoms with van der Waals surface area (Å²) in [5.74, 6) is 2.67. The summed E-state index contributed by atoms with van der Waals surface area (Å²) in [6.45, 7) is 27.0. The van der Waals surface area contributed by atoms with Crippen molar-refractivity contribution in [2.45, 2.75) is 105 Å². The van der Waals surface area contributed by atoms with Crippen LogP contribution < -0.4 is 9.42 Å². The second kappa shape index (κ2) is 18.9. The molecule has 7 aromatic carbocycles. The molecule has 366 valence electrons. The van der Waals surface area contributed by atoms with Gasteiger partial charge < -0.3 is 13.9 Å². The summed E-state index contributed by atoms with van der Waals surface area (Å²) >= 11 is 0. The SMILES string of the molecule is CC(C)(C)c1cc(-[n+]2[c-]n(-c3[c-]c(Oc4[c-]c5c(cc4)c4cc(-c6ccccc6)ccc4n5-c4cc(C(C)(C)C)ccn4)ccc3)c(-c3cc(C(C)(C)C)ccc3-c3ccccc3)n2)cc(C(C)(C)C)c1.[Pt]. The summed E-state index contributed by atoms with van der Waals surface area (Å²) in [5.41, 5.74) is 13.6. The standard InChI is InChI=1S/C65H63N5O.Pt/c1-62(2,3)46-27-29-54(44-22-17-14-18-23-44)57(38-46)61-67-69(51-36-48(64(7,8)9)35-49(37-51)65(10,11)12)42-68(61)50-24-19-25-52(40-50)71-53-28-30-55-56-34-45(43-20-15-13-16-21-43)26-31-58(56)70(59(55)41-53)60-39-47(32-33-66-60)63(4,5)6;/h13-39H,1-12H3;/q-2;. The Labute approximate surface area is 440 Å². The van der Waals surface area contributed by atoms with Crippen LogP contribution in [-0.4, -0.2) is 19.2 Å². The van der Waals surface area contributed by atoms with Crippen molar-refractivity contribution in [2.24, 2.45) is 0 Å². The van der Waals surface area contributed by atoms with E-state index in [0.717, 1.165) is 72.6 Å². The molecule has 72 heavy (non-hydrogen) atoms. The van der Waals surface area contributed by atoms with E-state index in [1.807, 2.05) is 39.7 Å². The maximum absolute atomic E-state index is 6.81. The predicted octanol–water partition coefficient (Wildman–Crippen LogP) is 16.0. The van der Waals surface area contributed by atoms with Gasteiger partial charge in [0.15, 0.2) is 5.82 Å². The molecule has 0 saturated carbocycles. The van der Waals surface area contributed by atoms with Crippen LogP contribution in [-0.2, 0) is 42.7 Å². The van der Waals surface area contributed by atoms with Gasteiger partial charge in [0.1, 0.15) is 5.82 Å². The summed E-state index contributed by atoms with van der Waals surface area (Å²) in [5, 5.41) is 7.66. The molecule has 3 heterocycles. The first-order chi connectivity index (χ1) is 33.7. The van der Waals surface area contributed by atoms with Crippen molar-refractivity contribution in [3.63, 3.8) is 0 Å². The molecule has 0 atom stereocenters. The largest absolute Gasteiger partial charge is 0.510 e. The molecular weight excluding hydrogens is 1060 g/mol. The molecule has 0 spiro atoms. The number of hydrogen-bond acceptors (Lipinski definition) is 3. The summed E-state index contributed by atoms with van der Waals surface area (Å²) in [7, 11) is 0. The molecule has 6 nitrogen and oxygen atoms in total. The summed E-state index contributed by atoms with van der Waals surface area (Å²) in [6.07, 6.45) is 5.62. The third kappa shape index (κ3) is 9.99. The van der Waals surface area contributed by atoms with Crippen molar-refractivity contribution < 1.29 is 30.5 Å². The molecule has 0 bridgehead atoms. The maximum atomic E-state index is 6.81. The molecule has 0 amide bonds. The van der Waals surface area contributed by atoms with Crippen LogP contribution in [0.25, 0.3) is 72.6 Å². The predicted molar refractivity (Wildman–Crippen MR) is 291 cm³/mol. The first-order valence-electron chi connectivity index (χ1n) is 24.7. The van der Waals surface area contributed by atoms with E-state index in [1.165, 1.54) is 22.3 Å². The average molecular weight is 1130 g/mol. The quantitative estimate of drug-likeness (QED) is 0.113. The number of aromatic nitrogens is 5. The Balaban J connectivity index is 0.00000640. The summed E-state index contributed by atoms with van der Waals surface area (Å²) in [4.78, 5) is 4.95. The minimum Gasteiger partial charge on any atom is -0.510 e. The fourth-order valence-electron chi connectivity index (χ4n) is 9.21. The van der Waals surface area contributed by atoms with Crippen LogP contribution in [0, 0.1) is 18.5 Å². The van der Waals surface area contributed by atoms with Gasteiger partial charge >= 0.3 is 0 Å². The van der Waals surface area contributed by atoms with Crippen LogP contribution in [0.15, 0.2) is 164 Å². The number of rotatable bonds is 8. The number of fused-ring (bicyclic) bond motifs is 3. The number of nitrogens with zero attached hydrogens (tertiary/aromatic N) is 5. The van der Waals surface area contributed by atoms with Crippen LogP contribution in [0.4, 0.5) is 0 Å². The molecular formula is C65H63N5OPt-2. The second-order valence-electron chi connectivity index (χ2n) is 23.0. The zero-order valence-electron chi connectivity index (χ0n) is 43.5. The van der Waals surface area contributed by atoms with Gasteiger partial charge in [-0.3, -0.25) is 0 Å². The van der Waals surface area contributed by atoms with E-state index in [2.05, 4.69) is 240 Å². The van der Waals surface area contributed by atoms with E-state index < -0.39 is 0 Å².